The van der Waals surface area contributed by atoms with E-state index < -0.39 is 0 Å². The molecule has 7 heteroatoms. The predicted octanol–water partition coefficient (Wildman–Crippen LogP) is 2.84. The van der Waals surface area contributed by atoms with Gasteiger partial charge >= 0.3 is 0 Å². The van der Waals surface area contributed by atoms with Crippen molar-refractivity contribution in [3.05, 3.63) is 46.3 Å². The van der Waals surface area contributed by atoms with Crippen LogP contribution in [0.5, 0.6) is 0 Å². The van der Waals surface area contributed by atoms with E-state index in [2.05, 4.69) is 10.1 Å². The van der Waals surface area contributed by atoms with Crippen LogP contribution in [-0.2, 0) is 17.6 Å². The summed E-state index contributed by atoms with van der Waals surface area (Å²) in [5.74, 6) is 0.664. The molecule has 1 saturated carbocycles. The summed E-state index contributed by atoms with van der Waals surface area (Å²) in [6.07, 6.45) is 1.57. The second kappa shape index (κ2) is 6.28. The molecule has 1 aromatic carbocycles. The number of benzene rings is 1. The van der Waals surface area contributed by atoms with Gasteiger partial charge in [-0.3, -0.25) is 4.79 Å². The molecule has 122 valence electrons. The van der Waals surface area contributed by atoms with Gasteiger partial charge in [-0.1, -0.05) is 22.8 Å². The van der Waals surface area contributed by atoms with Crippen molar-refractivity contribution in [1.82, 2.24) is 15.0 Å². The smallest absolute Gasteiger partial charge is 0.230 e. The molecule has 0 saturated heterocycles. The standard InChI is InChI=1S/C16H17ClFN3O2/c1-21(2)16(22)11-8-10(11)15-19-14(20-23-15)7-6-9-12(17)4-3-5-13(9)18/h3-5,10-11H,6-8H2,1-2H3/t10-,11+/m0/s1. The Morgan fingerprint density at radius 2 is 2.22 bits per heavy atom. The normalized spacial score (nSPS) is 19.7. The largest absolute Gasteiger partial charge is 0.349 e. The first-order chi connectivity index (χ1) is 11.0. The zero-order valence-electron chi connectivity index (χ0n) is 12.9. The first-order valence-electron chi connectivity index (χ1n) is 7.44. The lowest BCUT2D eigenvalue weighted by atomic mass is 10.1. The molecule has 2 atom stereocenters. The summed E-state index contributed by atoms with van der Waals surface area (Å²) in [4.78, 5) is 17.8. The van der Waals surface area contributed by atoms with Crippen LogP contribution < -0.4 is 0 Å². The summed E-state index contributed by atoms with van der Waals surface area (Å²) in [5, 5.41) is 4.31. The third-order valence-corrected chi connectivity index (χ3v) is 4.36. The highest BCUT2D eigenvalue weighted by molar-refractivity contribution is 6.31. The van der Waals surface area contributed by atoms with Gasteiger partial charge in [-0.25, -0.2) is 4.39 Å². The Kier molecular flexibility index (Phi) is 4.35. The van der Waals surface area contributed by atoms with Gasteiger partial charge in [0.1, 0.15) is 5.82 Å². The molecule has 0 bridgehead atoms. The van der Waals surface area contributed by atoms with E-state index in [1.54, 1.807) is 31.1 Å². The first-order valence-corrected chi connectivity index (χ1v) is 7.81. The van der Waals surface area contributed by atoms with Crippen molar-refractivity contribution < 1.29 is 13.7 Å². The first kappa shape index (κ1) is 15.9. The summed E-state index contributed by atoms with van der Waals surface area (Å²) < 4.78 is 19.0. The molecule has 5 nitrogen and oxygen atoms in total. The summed E-state index contributed by atoms with van der Waals surface area (Å²) in [5.41, 5.74) is 0.451. The van der Waals surface area contributed by atoms with Crippen molar-refractivity contribution in [1.29, 1.82) is 0 Å². The maximum absolute atomic E-state index is 13.7. The molecule has 1 aliphatic rings. The molecule has 2 aromatic rings. The maximum Gasteiger partial charge on any atom is 0.230 e. The summed E-state index contributed by atoms with van der Waals surface area (Å²) >= 11 is 6.00. The number of carbonyl (C=O) groups excluding carboxylic acids is 1. The molecule has 23 heavy (non-hydrogen) atoms. The molecule has 1 amide bonds. The van der Waals surface area contributed by atoms with Crippen LogP contribution in [0.3, 0.4) is 0 Å². The van der Waals surface area contributed by atoms with Gasteiger partial charge in [-0.15, -0.1) is 0 Å². The molecule has 0 radical (unpaired) electrons. The Morgan fingerprint density at radius 3 is 2.91 bits per heavy atom. The van der Waals surface area contributed by atoms with E-state index in [0.717, 1.165) is 6.42 Å². The highest BCUT2D eigenvalue weighted by Gasteiger charge is 2.48. The number of aryl methyl sites for hydroxylation is 1. The number of aromatic nitrogens is 2. The van der Waals surface area contributed by atoms with Gasteiger partial charge in [0.2, 0.25) is 11.8 Å². The van der Waals surface area contributed by atoms with Crippen LogP contribution in [0.2, 0.25) is 5.02 Å². The van der Waals surface area contributed by atoms with Crippen molar-refractivity contribution in [2.75, 3.05) is 14.1 Å². The fourth-order valence-corrected chi connectivity index (χ4v) is 2.86. The zero-order valence-corrected chi connectivity index (χ0v) is 13.7. The Balaban J connectivity index is 1.62. The Labute approximate surface area is 138 Å². The molecule has 0 unspecified atom stereocenters. The lowest BCUT2D eigenvalue weighted by molar-refractivity contribution is -0.130. The van der Waals surface area contributed by atoms with E-state index >= 15 is 0 Å². The van der Waals surface area contributed by atoms with Crippen molar-refractivity contribution in [2.24, 2.45) is 5.92 Å². The van der Waals surface area contributed by atoms with E-state index in [-0.39, 0.29) is 23.6 Å². The summed E-state index contributed by atoms with van der Waals surface area (Å²) in [6, 6.07) is 4.61. The molecular weight excluding hydrogens is 321 g/mol. The second-order valence-electron chi connectivity index (χ2n) is 5.93. The van der Waals surface area contributed by atoms with Gasteiger partial charge in [-0.2, -0.15) is 4.98 Å². The third-order valence-electron chi connectivity index (χ3n) is 4.01. The van der Waals surface area contributed by atoms with Gasteiger partial charge in [0, 0.05) is 31.1 Å². The van der Waals surface area contributed by atoms with E-state index in [1.807, 2.05) is 0 Å². The Morgan fingerprint density at radius 1 is 1.43 bits per heavy atom. The van der Waals surface area contributed by atoms with Crippen LogP contribution in [0, 0.1) is 11.7 Å². The number of hydrogen-bond acceptors (Lipinski definition) is 4. The number of carbonyl (C=O) groups is 1. The van der Waals surface area contributed by atoms with E-state index in [4.69, 9.17) is 16.1 Å². The van der Waals surface area contributed by atoms with Crippen LogP contribution >= 0.6 is 11.6 Å². The molecule has 0 N–H and O–H groups in total. The van der Waals surface area contributed by atoms with Crippen molar-refractivity contribution >= 4 is 17.5 Å². The molecule has 1 fully saturated rings. The topological polar surface area (TPSA) is 59.2 Å². The fraction of sp³-hybridized carbons (Fsp3) is 0.438. The van der Waals surface area contributed by atoms with Crippen LogP contribution in [0.4, 0.5) is 4.39 Å². The molecule has 0 spiro atoms. The number of amides is 1. The van der Waals surface area contributed by atoms with Crippen molar-refractivity contribution in [3.8, 4) is 0 Å². The summed E-state index contributed by atoms with van der Waals surface area (Å²) in [6.45, 7) is 0. The van der Waals surface area contributed by atoms with Crippen LogP contribution in [0.1, 0.15) is 29.6 Å². The number of halogens is 2. The highest BCUT2D eigenvalue weighted by Crippen LogP contribution is 2.47. The second-order valence-corrected chi connectivity index (χ2v) is 6.34. The minimum absolute atomic E-state index is 0.00296. The molecular formula is C16H17ClFN3O2. The Hall–Kier alpha value is -1.95. The molecule has 3 rings (SSSR count). The lowest BCUT2D eigenvalue weighted by Gasteiger charge is -2.08. The van der Waals surface area contributed by atoms with Crippen molar-refractivity contribution in [2.45, 2.75) is 25.2 Å². The fourth-order valence-electron chi connectivity index (χ4n) is 2.60. The van der Waals surface area contributed by atoms with E-state index in [1.165, 1.54) is 6.07 Å². The molecule has 1 aliphatic carbocycles. The number of hydrogen-bond donors (Lipinski definition) is 0. The maximum atomic E-state index is 13.7. The van der Waals surface area contributed by atoms with Crippen LogP contribution in [0.15, 0.2) is 22.7 Å². The lowest BCUT2D eigenvalue weighted by Crippen LogP contribution is -2.23. The number of nitrogens with zero attached hydrogens (tertiary/aromatic N) is 3. The van der Waals surface area contributed by atoms with Gasteiger partial charge in [-0.05, 0) is 25.0 Å². The highest BCUT2D eigenvalue weighted by atomic mass is 35.5. The van der Waals surface area contributed by atoms with Gasteiger partial charge in [0.05, 0.1) is 11.8 Å². The average Bonchev–Trinajstić information content (AvgIpc) is 3.17. The predicted molar refractivity (Wildman–Crippen MR) is 82.7 cm³/mol. The quantitative estimate of drug-likeness (QED) is 0.841. The molecule has 0 aliphatic heterocycles. The van der Waals surface area contributed by atoms with Crippen LogP contribution in [-0.4, -0.2) is 35.0 Å². The minimum atomic E-state index is -0.333. The summed E-state index contributed by atoms with van der Waals surface area (Å²) in [7, 11) is 3.46. The minimum Gasteiger partial charge on any atom is -0.349 e. The van der Waals surface area contributed by atoms with E-state index in [9.17, 15) is 9.18 Å². The third kappa shape index (κ3) is 3.37. The Bertz CT molecular complexity index is 712. The average molecular weight is 338 g/mol. The van der Waals surface area contributed by atoms with Gasteiger partial charge in [0.15, 0.2) is 5.82 Å². The van der Waals surface area contributed by atoms with Gasteiger partial charge < -0.3 is 9.42 Å². The monoisotopic (exact) mass is 337 g/mol. The number of rotatable bonds is 5. The molecule has 1 heterocycles. The zero-order chi connectivity index (χ0) is 16.6. The van der Waals surface area contributed by atoms with Gasteiger partial charge in [0.25, 0.3) is 0 Å². The van der Waals surface area contributed by atoms with E-state index in [0.29, 0.717) is 35.1 Å². The van der Waals surface area contributed by atoms with Crippen LogP contribution in [0.25, 0.3) is 0 Å². The van der Waals surface area contributed by atoms with Crippen molar-refractivity contribution in [3.63, 3.8) is 0 Å². The SMILES string of the molecule is CN(C)C(=O)[C@@H]1C[C@@H]1c1nc(CCc2c(F)cccc2Cl)no1. The molecule has 1 aromatic heterocycles.